The number of carbonyl (C=O) groups excluding carboxylic acids is 2. The van der Waals surface area contributed by atoms with Gasteiger partial charge in [-0.3, -0.25) is 14.3 Å². The fourth-order valence-corrected chi connectivity index (χ4v) is 5.71. The number of aryl methyl sites for hydroxylation is 1. The molecule has 0 saturated heterocycles. The van der Waals surface area contributed by atoms with Gasteiger partial charge in [-0.2, -0.15) is 10.2 Å². The van der Waals surface area contributed by atoms with E-state index in [1.165, 1.54) is 10.3 Å². The highest BCUT2D eigenvalue weighted by molar-refractivity contribution is 5.93. The Balaban J connectivity index is 0.00000301. The lowest BCUT2D eigenvalue weighted by Crippen LogP contribution is -3.08. The van der Waals surface area contributed by atoms with Gasteiger partial charge < -0.3 is 10.6 Å². The largest absolute Gasteiger partial charge is 0.347 e. The molecule has 3 N–H and O–H groups in total. The molecule has 2 aliphatic rings. The van der Waals surface area contributed by atoms with Crippen LogP contribution in [0.2, 0.25) is 0 Å². The Labute approximate surface area is 251 Å². The van der Waals surface area contributed by atoms with E-state index >= 15 is 0 Å². The second kappa shape index (κ2) is 17.6. The molecule has 0 bridgehead atoms. The molecule has 232 valence electrons. The zero-order valence-electron chi connectivity index (χ0n) is 26.5. The Morgan fingerprint density at radius 1 is 1.36 bits per heavy atom. The maximum absolute atomic E-state index is 14.2. The molecule has 2 aliphatic carbocycles. The minimum Gasteiger partial charge on any atom is -0.347 e. The minimum absolute atomic E-state index is 0.0368. The van der Waals surface area contributed by atoms with E-state index in [9.17, 15) is 14.0 Å². The molecule has 0 aromatic carbocycles. The maximum atomic E-state index is 14.2. The first-order valence-electron chi connectivity index (χ1n) is 15.2. The normalized spacial score (nSPS) is 22.2. The molecule has 1 aromatic heterocycles. The van der Waals surface area contributed by atoms with Gasteiger partial charge in [0.1, 0.15) is 17.9 Å². The fourth-order valence-electron chi connectivity index (χ4n) is 5.71. The van der Waals surface area contributed by atoms with Gasteiger partial charge in [-0.15, -0.1) is 0 Å². The third-order valence-corrected chi connectivity index (χ3v) is 7.99. The van der Waals surface area contributed by atoms with Crippen molar-refractivity contribution in [3.05, 3.63) is 77.7 Å². The van der Waals surface area contributed by atoms with Crippen molar-refractivity contribution >= 4 is 11.8 Å². The topological polar surface area (TPSA) is 89.7 Å². The number of aromatic nitrogens is 2. The number of carbonyl (C=O) groups is 2. The van der Waals surface area contributed by atoms with Crippen LogP contribution < -0.4 is 15.7 Å². The molecule has 0 fully saturated rings. The number of nitrogens with one attached hydrogen (secondary N) is 3. The van der Waals surface area contributed by atoms with Crippen LogP contribution in [0.25, 0.3) is 0 Å². The lowest BCUT2D eigenvalue weighted by molar-refractivity contribution is -1.05. The highest BCUT2D eigenvalue weighted by Gasteiger charge is 2.29. The average Bonchev–Trinajstić information content (AvgIpc) is 3.34. The van der Waals surface area contributed by atoms with E-state index < -0.39 is 6.04 Å². The first-order chi connectivity index (χ1) is 20.2. The third-order valence-electron chi connectivity index (χ3n) is 7.99. The molecule has 1 heterocycles. The Hall–Kier alpha value is -3.30. The van der Waals surface area contributed by atoms with Crippen LogP contribution in [0.5, 0.6) is 0 Å². The maximum Gasteiger partial charge on any atom is 0.269 e. The Kier molecular flexibility index (Phi) is 14.6. The van der Waals surface area contributed by atoms with Gasteiger partial charge in [0.25, 0.3) is 5.91 Å². The molecule has 3 rings (SSSR count). The summed E-state index contributed by atoms with van der Waals surface area (Å²) >= 11 is 0. The number of nitrogens with zero attached hydrogens (tertiary/aromatic N) is 2. The summed E-state index contributed by atoms with van der Waals surface area (Å²) in [5.74, 6) is -0.476. The molecule has 4 unspecified atom stereocenters. The summed E-state index contributed by atoms with van der Waals surface area (Å²) in [5, 5.41) is 11.0. The summed E-state index contributed by atoms with van der Waals surface area (Å²) in [6.07, 6.45) is 14.6. The van der Waals surface area contributed by atoms with Gasteiger partial charge in [0.05, 0.1) is 12.9 Å². The first-order valence-corrected chi connectivity index (χ1v) is 15.2. The standard InChI is InChI=1S/C31H44FN5O3.C2H6/c1-7-18-37(40-6)22(4)26(8-2)27-15-14-25(13-12-21(27)3)34-30(38)20-28(23-10-9-11-24(32)19-23)35-31(39)29-16-17-33-36(29)5;1-2/h7,13-17,19,21,23,27-28H,1,8-12,18,20H2,2-6H3,(H,34,38)(H,35,39);1-2H3/p+1/b26-22+;/t21?,23?,27-,28?;/m1./s1. The number of hydroxylamine groups is 2. The molecule has 8 nitrogen and oxygen atoms in total. The molecule has 9 heteroatoms. The summed E-state index contributed by atoms with van der Waals surface area (Å²) < 4.78 is 15.6. The molecule has 0 spiro atoms. The predicted octanol–water partition coefficient (Wildman–Crippen LogP) is 5.12. The van der Waals surface area contributed by atoms with Crippen LogP contribution in [-0.4, -0.2) is 41.3 Å². The van der Waals surface area contributed by atoms with Gasteiger partial charge in [0.15, 0.2) is 0 Å². The van der Waals surface area contributed by atoms with Gasteiger partial charge in [-0.05, 0) is 67.9 Å². The quantitative estimate of drug-likeness (QED) is 0.235. The van der Waals surface area contributed by atoms with Crippen LogP contribution >= 0.6 is 0 Å². The fraction of sp³-hybridized carbons (Fsp3) is 0.545. The molecule has 42 heavy (non-hydrogen) atoms. The van der Waals surface area contributed by atoms with E-state index in [-0.39, 0.29) is 35.9 Å². The number of rotatable bonds is 12. The Morgan fingerprint density at radius 2 is 2.10 bits per heavy atom. The van der Waals surface area contributed by atoms with Gasteiger partial charge in [0.2, 0.25) is 5.91 Å². The Morgan fingerprint density at radius 3 is 2.69 bits per heavy atom. The van der Waals surface area contributed by atoms with E-state index in [4.69, 9.17) is 4.84 Å². The van der Waals surface area contributed by atoms with Crippen LogP contribution in [0.4, 0.5) is 4.39 Å². The van der Waals surface area contributed by atoms with Gasteiger partial charge >= 0.3 is 0 Å². The molecule has 0 aliphatic heterocycles. The van der Waals surface area contributed by atoms with Crippen molar-refractivity contribution < 1.29 is 23.9 Å². The molecule has 5 atom stereocenters. The second-order valence-electron chi connectivity index (χ2n) is 10.7. The van der Waals surface area contributed by atoms with Crippen molar-refractivity contribution in [1.29, 1.82) is 0 Å². The van der Waals surface area contributed by atoms with Crippen molar-refractivity contribution in [3.8, 4) is 0 Å². The van der Waals surface area contributed by atoms with Crippen molar-refractivity contribution in [3.63, 3.8) is 0 Å². The van der Waals surface area contributed by atoms with Crippen LogP contribution in [-0.2, 0) is 16.7 Å². The number of quaternary nitrogens is 1. The molecular weight excluding hydrogens is 533 g/mol. The average molecular weight is 585 g/mol. The van der Waals surface area contributed by atoms with Crippen LogP contribution in [0.15, 0.2) is 72.0 Å². The third kappa shape index (κ3) is 9.63. The van der Waals surface area contributed by atoms with Crippen LogP contribution in [0, 0.1) is 17.8 Å². The van der Waals surface area contributed by atoms with Gasteiger partial charge in [-0.25, -0.2) is 9.23 Å². The summed E-state index contributed by atoms with van der Waals surface area (Å²) in [5.41, 5.74) is 3.58. The van der Waals surface area contributed by atoms with E-state index in [1.807, 2.05) is 26.0 Å². The SMILES string of the molecule is C=CC[NH+](OC)/C(C)=C(\CC)[C@@H]1C=CC(NC(=O)CC(NC(=O)c2ccnn2C)C2C=C(F)CCC2)=CCC1C.CC. The molecule has 1 aromatic rings. The number of halogens is 1. The lowest BCUT2D eigenvalue weighted by atomic mass is 9.83. The highest BCUT2D eigenvalue weighted by Crippen LogP contribution is 2.31. The molecule has 0 saturated carbocycles. The Bertz CT molecular complexity index is 1180. The summed E-state index contributed by atoms with van der Waals surface area (Å²) in [7, 11) is 3.38. The minimum atomic E-state index is -0.541. The summed E-state index contributed by atoms with van der Waals surface area (Å²) in [6.45, 7) is 15.0. The summed E-state index contributed by atoms with van der Waals surface area (Å²) in [6, 6.07) is 1.08. The van der Waals surface area contributed by atoms with Gasteiger partial charge in [0, 0.05) is 50.2 Å². The van der Waals surface area contributed by atoms with Crippen LogP contribution in [0.3, 0.4) is 0 Å². The highest BCUT2D eigenvalue weighted by atomic mass is 19.1. The number of hydrogen-bond donors (Lipinski definition) is 3. The van der Waals surface area contributed by atoms with E-state index in [0.29, 0.717) is 37.4 Å². The van der Waals surface area contributed by atoms with E-state index in [1.54, 1.807) is 32.5 Å². The number of allylic oxidation sites excluding steroid dienone is 6. The van der Waals surface area contributed by atoms with Crippen LogP contribution in [0.1, 0.15) is 83.6 Å². The smallest absolute Gasteiger partial charge is 0.269 e. The van der Waals surface area contributed by atoms with Gasteiger partial charge in [-0.1, -0.05) is 46.4 Å². The lowest BCUT2D eigenvalue weighted by Gasteiger charge is -2.28. The zero-order chi connectivity index (χ0) is 31.2. The zero-order valence-corrected chi connectivity index (χ0v) is 26.5. The van der Waals surface area contributed by atoms with Crippen molar-refractivity contribution in [1.82, 2.24) is 20.4 Å². The van der Waals surface area contributed by atoms with Crippen molar-refractivity contribution in [2.24, 2.45) is 24.8 Å². The molecule has 2 amide bonds. The van der Waals surface area contributed by atoms with E-state index in [0.717, 1.165) is 29.3 Å². The number of amides is 2. The van der Waals surface area contributed by atoms with Crippen molar-refractivity contribution in [2.75, 3.05) is 13.7 Å². The summed E-state index contributed by atoms with van der Waals surface area (Å²) in [4.78, 5) is 31.8. The van der Waals surface area contributed by atoms with E-state index in [2.05, 4.69) is 55.2 Å². The second-order valence-corrected chi connectivity index (χ2v) is 10.7. The monoisotopic (exact) mass is 584 g/mol. The first kappa shape index (κ1) is 34.9. The molecular formula is C33H51FN5O3+. The molecule has 0 radical (unpaired) electrons. The van der Waals surface area contributed by atoms with Crippen molar-refractivity contribution in [2.45, 2.75) is 79.2 Å². The predicted molar refractivity (Wildman–Crippen MR) is 166 cm³/mol. The number of hydrogen-bond acceptors (Lipinski definition) is 4.